The summed E-state index contributed by atoms with van der Waals surface area (Å²) in [6.45, 7) is 0. The Morgan fingerprint density at radius 3 is 2.03 bits per heavy atom. The van der Waals surface area contributed by atoms with Gasteiger partial charge in [-0.3, -0.25) is 4.57 Å². The van der Waals surface area contributed by atoms with Crippen molar-refractivity contribution >= 4 is 48.5 Å². The highest BCUT2D eigenvalue weighted by Gasteiger charge is 2.24. The van der Waals surface area contributed by atoms with Gasteiger partial charge in [-0.25, -0.2) is 4.98 Å². The summed E-state index contributed by atoms with van der Waals surface area (Å²) in [5.74, 6) is 2.00. The highest BCUT2D eigenvalue weighted by molar-refractivity contribution is 7.26. The molecule has 0 saturated heterocycles. The normalized spacial score (nSPS) is 12.9. The number of benzene rings is 4. The maximum atomic E-state index is 5.10. The molecule has 7 aromatic rings. The average molecular weight is 507 g/mol. The standard InChI is InChI=1S/C33H22N4S/c1-3-11-21(12-4-1)31-34-32(22-13-5-2-6-14-22)36-33(35-31)37-27-17-9-7-15-23(27)25-19-20-26-24-16-8-10-18-28(24)38-30(26)29(25)37/h1-6,8-14,16-20H,7,15H2. The molecule has 3 aromatic heterocycles. The zero-order valence-electron chi connectivity index (χ0n) is 20.5. The fraction of sp³-hybridized carbons (Fsp3) is 0.0606. The molecule has 0 fully saturated rings. The molecule has 1 aliphatic rings. The van der Waals surface area contributed by atoms with Gasteiger partial charge in [-0.1, -0.05) is 97.1 Å². The fourth-order valence-electron chi connectivity index (χ4n) is 5.60. The minimum absolute atomic E-state index is 0.653. The molecule has 5 heteroatoms. The van der Waals surface area contributed by atoms with Crippen molar-refractivity contribution in [3.05, 3.63) is 114 Å². The lowest BCUT2D eigenvalue weighted by atomic mass is 10.0. The maximum Gasteiger partial charge on any atom is 0.238 e. The van der Waals surface area contributed by atoms with Crippen LogP contribution < -0.4 is 0 Å². The van der Waals surface area contributed by atoms with Gasteiger partial charge < -0.3 is 0 Å². The van der Waals surface area contributed by atoms with Gasteiger partial charge in [0, 0.05) is 32.0 Å². The topological polar surface area (TPSA) is 43.6 Å². The Morgan fingerprint density at radius 1 is 0.632 bits per heavy atom. The fourth-order valence-corrected chi connectivity index (χ4v) is 6.84. The SMILES string of the molecule is C1=Cc2c(c3ccc4c5ccccc5sc4c3n2-c2nc(-c3ccccc3)nc(-c3ccccc3)n2)CC1. The van der Waals surface area contributed by atoms with E-state index in [1.807, 2.05) is 47.7 Å². The third-order valence-corrected chi connectivity index (χ3v) is 8.54. The second-order valence-corrected chi connectivity index (χ2v) is 10.6. The summed E-state index contributed by atoms with van der Waals surface area (Å²) in [5.41, 5.74) is 5.66. The zero-order valence-corrected chi connectivity index (χ0v) is 21.3. The number of allylic oxidation sites excluding steroid dienone is 1. The summed E-state index contributed by atoms with van der Waals surface area (Å²) >= 11 is 1.85. The molecule has 3 heterocycles. The van der Waals surface area contributed by atoms with E-state index in [0.29, 0.717) is 17.6 Å². The van der Waals surface area contributed by atoms with Crippen LogP contribution in [0.1, 0.15) is 17.7 Å². The van der Waals surface area contributed by atoms with Crippen molar-refractivity contribution in [1.29, 1.82) is 0 Å². The number of hydrogen-bond donors (Lipinski definition) is 0. The van der Waals surface area contributed by atoms with Crippen molar-refractivity contribution in [3.63, 3.8) is 0 Å². The van der Waals surface area contributed by atoms with Crippen LogP contribution in [0, 0.1) is 0 Å². The van der Waals surface area contributed by atoms with Crippen LogP contribution in [0.25, 0.3) is 65.9 Å². The number of fused-ring (bicyclic) bond motifs is 7. The van der Waals surface area contributed by atoms with Crippen LogP contribution in [0.4, 0.5) is 0 Å². The van der Waals surface area contributed by atoms with Crippen molar-refractivity contribution in [2.45, 2.75) is 12.8 Å². The summed E-state index contributed by atoms with van der Waals surface area (Å²) in [5, 5.41) is 3.85. The number of nitrogens with zero attached hydrogens (tertiary/aromatic N) is 4. The minimum atomic E-state index is 0.653. The van der Waals surface area contributed by atoms with E-state index < -0.39 is 0 Å². The molecule has 4 aromatic carbocycles. The van der Waals surface area contributed by atoms with Crippen LogP contribution in [0.5, 0.6) is 0 Å². The van der Waals surface area contributed by atoms with Gasteiger partial charge in [0.2, 0.25) is 5.95 Å². The zero-order chi connectivity index (χ0) is 25.1. The summed E-state index contributed by atoms with van der Waals surface area (Å²) in [6, 6.07) is 33.6. The Kier molecular flexibility index (Phi) is 4.79. The first-order chi connectivity index (χ1) is 18.8. The van der Waals surface area contributed by atoms with Crippen molar-refractivity contribution in [1.82, 2.24) is 19.5 Å². The smallest absolute Gasteiger partial charge is 0.238 e. The number of rotatable bonds is 3. The second-order valence-electron chi connectivity index (χ2n) is 9.59. The molecule has 0 spiro atoms. The van der Waals surface area contributed by atoms with Gasteiger partial charge in [-0.2, -0.15) is 9.97 Å². The Morgan fingerprint density at radius 2 is 1.29 bits per heavy atom. The Bertz CT molecular complexity index is 1960. The van der Waals surface area contributed by atoms with Gasteiger partial charge in [-0.15, -0.1) is 11.3 Å². The number of hydrogen-bond acceptors (Lipinski definition) is 4. The lowest BCUT2D eigenvalue weighted by molar-refractivity contribution is 0.904. The number of thiophene rings is 1. The molecule has 0 unspecified atom stereocenters. The lowest BCUT2D eigenvalue weighted by Gasteiger charge is -2.13. The van der Waals surface area contributed by atoms with Crippen molar-refractivity contribution in [2.24, 2.45) is 0 Å². The molecule has 0 saturated carbocycles. The molecule has 8 rings (SSSR count). The van der Waals surface area contributed by atoms with Crippen LogP contribution in [-0.2, 0) is 6.42 Å². The largest absolute Gasteiger partial charge is 0.277 e. The summed E-state index contributed by atoms with van der Waals surface area (Å²) in [4.78, 5) is 15.1. The molecular weight excluding hydrogens is 484 g/mol. The van der Waals surface area contributed by atoms with Crippen LogP contribution >= 0.6 is 11.3 Å². The van der Waals surface area contributed by atoms with Crippen LogP contribution in [0.2, 0.25) is 0 Å². The Hall–Kier alpha value is -4.61. The van der Waals surface area contributed by atoms with Crippen molar-refractivity contribution < 1.29 is 0 Å². The van der Waals surface area contributed by atoms with E-state index in [4.69, 9.17) is 15.0 Å². The Balaban J connectivity index is 1.50. The number of aromatic nitrogens is 4. The van der Waals surface area contributed by atoms with Crippen LogP contribution in [0.15, 0.2) is 103 Å². The molecule has 38 heavy (non-hydrogen) atoms. The van der Waals surface area contributed by atoms with Gasteiger partial charge in [0.25, 0.3) is 0 Å². The first-order valence-corrected chi connectivity index (χ1v) is 13.7. The molecule has 0 amide bonds. The van der Waals surface area contributed by atoms with Crippen LogP contribution in [-0.4, -0.2) is 19.5 Å². The molecule has 0 N–H and O–H groups in total. The maximum absolute atomic E-state index is 5.10. The summed E-state index contributed by atoms with van der Waals surface area (Å²) in [7, 11) is 0. The van der Waals surface area contributed by atoms with Gasteiger partial charge in [-0.05, 0) is 30.5 Å². The highest BCUT2D eigenvalue weighted by Crippen LogP contribution is 2.43. The van der Waals surface area contributed by atoms with E-state index in [-0.39, 0.29) is 0 Å². The van der Waals surface area contributed by atoms with Crippen LogP contribution in [0.3, 0.4) is 0 Å². The second kappa shape index (κ2) is 8.47. The van der Waals surface area contributed by atoms with Gasteiger partial charge >= 0.3 is 0 Å². The molecule has 4 nitrogen and oxygen atoms in total. The highest BCUT2D eigenvalue weighted by atomic mass is 32.1. The summed E-state index contributed by atoms with van der Waals surface area (Å²) in [6.07, 6.45) is 6.55. The van der Waals surface area contributed by atoms with E-state index in [0.717, 1.165) is 24.0 Å². The third kappa shape index (κ3) is 3.25. The molecule has 1 aliphatic carbocycles. The minimum Gasteiger partial charge on any atom is -0.277 e. The van der Waals surface area contributed by atoms with Gasteiger partial charge in [0.15, 0.2) is 11.6 Å². The first kappa shape index (κ1) is 21.5. The Labute approximate surface area is 223 Å². The quantitative estimate of drug-likeness (QED) is 0.241. The first-order valence-electron chi connectivity index (χ1n) is 12.9. The number of aryl methyl sites for hydroxylation is 1. The molecular formula is C33H22N4S. The van der Waals surface area contributed by atoms with Gasteiger partial charge in [0.1, 0.15) is 0 Å². The lowest BCUT2D eigenvalue weighted by Crippen LogP contribution is -2.08. The molecule has 0 bridgehead atoms. The van der Waals surface area contributed by atoms with E-state index >= 15 is 0 Å². The van der Waals surface area contributed by atoms with Crippen molar-refractivity contribution in [3.8, 4) is 28.7 Å². The van der Waals surface area contributed by atoms with Gasteiger partial charge in [0.05, 0.1) is 15.9 Å². The molecule has 0 atom stereocenters. The van der Waals surface area contributed by atoms with E-state index in [1.165, 1.54) is 42.3 Å². The van der Waals surface area contributed by atoms with Crippen molar-refractivity contribution in [2.75, 3.05) is 0 Å². The predicted octanol–water partition coefficient (Wildman–Crippen LogP) is 8.48. The van der Waals surface area contributed by atoms with E-state index in [9.17, 15) is 0 Å². The summed E-state index contributed by atoms with van der Waals surface area (Å²) < 4.78 is 4.84. The molecule has 0 aliphatic heterocycles. The predicted molar refractivity (Wildman–Crippen MR) is 158 cm³/mol. The molecule has 180 valence electrons. The molecule has 0 radical (unpaired) electrons. The van der Waals surface area contributed by atoms with E-state index in [2.05, 4.69) is 77.4 Å². The monoisotopic (exact) mass is 506 g/mol. The third-order valence-electron chi connectivity index (χ3n) is 7.34. The average Bonchev–Trinajstić information content (AvgIpc) is 3.54. The van der Waals surface area contributed by atoms with E-state index in [1.54, 1.807) is 0 Å².